The van der Waals surface area contributed by atoms with Gasteiger partial charge in [-0.15, -0.1) is 11.6 Å². The van der Waals surface area contributed by atoms with E-state index in [0.717, 1.165) is 18.8 Å². The fourth-order valence-electron chi connectivity index (χ4n) is 2.11. The van der Waals surface area contributed by atoms with Crippen LogP contribution < -0.4 is 4.90 Å². The van der Waals surface area contributed by atoms with E-state index < -0.39 is 5.97 Å². The van der Waals surface area contributed by atoms with Gasteiger partial charge in [0.2, 0.25) is 5.91 Å². The normalized spacial score (nSPS) is 15.4. The van der Waals surface area contributed by atoms with Gasteiger partial charge in [-0.1, -0.05) is 0 Å². The second kappa shape index (κ2) is 5.93. The van der Waals surface area contributed by atoms with Crippen LogP contribution in [0.5, 0.6) is 0 Å². The van der Waals surface area contributed by atoms with Crippen LogP contribution in [0.15, 0.2) is 24.3 Å². The van der Waals surface area contributed by atoms with Crippen molar-refractivity contribution in [1.82, 2.24) is 4.90 Å². The summed E-state index contributed by atoms with van der Waals surface area (Å²) in [5.41, 5.74) is 1.25. The highest BCUT2D eigenvalue weighted by Crippen LogP contribution is 2.17. The zero-order chi connectivity index (χ0) is 13.8. The average Bonchev–Trinajstić information content (AvgIpc) is 2.46. The van der Waals surface area contributed by atoms with Crippen molar-refractivity contribution in [3.63, 3.8) is 0 Å². The van der Waals surface area contributed by atoms with Gasteiger partial charge in [0.1, 0.15) is 5.88 Å². The first-order valence-electron chi connectivity index (χ1n) is 6.04. The van der Waals surface area contributed by atoms with Gasteiger partial charge in [-0.3, -0.25) is 4.79 Å². The van der Waals surface area contributed by atoms with Gasteiger partial charge in [-0.2, -0.15) is 0 Å². The van der Waals surface area contributed by atoms with Gasteiger partial charge in [-0.25, -0.2) is 4.79 Å². The monoisotopic (exact) mass is 282 g/mol. The van der Waals surface area contributed by atoms with E-state index >= 15 is 0 Å². The molecule has 0 bridgehead atoms. The van der Waals surface area contributed by atoms with Crippen molar-refractivity contribution in [2.45, 2.75) is 0 Å². The zero-order valence-electron chi connectivity index (χ0n) is 10.4. The maximum Gasteiger partial charge on any atom is 0.335 e. The van der Waals surface area contributed by atoms with Crippen molar-refractivity contribution >= 4 is 29.2 Å². The number of carboxylic acids is 1. The SMILES string of the molecule is O=C(O)c1ccc(N2CCN(C(=O)CCl)CC2)cc1. The molecule has 1 N–H and O–H groups in total. The summed E-state index contributed by atoms with van der Waals surface area (Å²) in [6.07, 6.45) is 0. The number of alkyl halides is 1. The van der Waals surface area contributed by atoms with Crippen LogP contribution in [-0.4, -0.2) is 53.9 Å². The van der Waals surface area contributed by atoms with Crippen molar-refractivity contribution in [2.75, 3.05) is 37.0 Å². The third kappa shape index (κ3) is 3.17. The first-order chi connectivity index (χ1) is 9.11. The van der Waals surface area contributed by atoms with Gasteiger partial charge >= 0.3 is 5.97 Å². The van der Waals surface area contributed by atoms with Gasteiger partial charge in [-0.05, 0) is 24.3 Å². The number of carbonyl (C=O) groups excluding carboxylic acids is 1. The molecule has 0 unspecified atom stereocenters. The van der Waals surface area contributed by atoms with E-state index in [0.29, 0.717) is 13.1 Å². The molecule has 6 heteroatoms. The fourth-order valence-corrected chi connectivity index (χ4v) is 2.28. The summed E-state index contributed by atoms with van der Waals surface area (Å²) >= 11 is 5.53. The number of hydrogen-bond donors (Lipinski definition) is 1. The summed E-state index contributed by atoms with van der Waals surface area (Å²) in [6, 6.07) is 6.77. The van der Waals surface area contributed by atoms with E-state index in [-0.39, 0.29) is 17.4 Å². The Morgan fingerprint density at radius 2 is 1.68 bits per heavy atom. The maximum atomic E-state index is 11.4. The molecule has 1 heterocycles. The molecule has 1 saturated heterocycles. The van der Waals surface area contributed by atoms with Crippen LogP contribution in [0.1, 0.15) is 10.4 Å². The molecule has 1 fully saturated rings. The smallest absolute Gasteiger partial charge is 0.335 e. The minimum absolute atomic E-state index is 0.0211. The van der Waals surface area contributed by atoms with Crippen LogP contribution >= 0.6 is 11.6 Å². The number of halogens is 1. The van der Waals surface area contributed by atoms with Crippen molar-refractivity contribution in [3.05, 3.63) is 29.8 Å². The average molecular weight is 283 g/mol. The number of aromatic carboxylic acids is 1. The number of rotatable bonds is 3. The minimum atomic E-state index is -0.927. The minimum Gasteiger partial charge on any atom is -0.478 e. The number of nitrogens with zero attached hydrogens (tertiary/aromatic N) is 2. The Morgan fingerprint density at radius 1 is 1.11 bits per heavy atom. The van der Waals surface area contributed by atoms with E-state index in [1.165, 1.54) is 0 Å². The number of piperazine rings is 1. The molecule has 1 amide bonds. The predicted octanol–water partition coefficient (Wildman–Crippen LogP) is 1.27. The lowest BCUT2D eigenvalue weighted by molar-refractivity contribution is -0.128. The molecule has 1 aliphatic heterocycles. The molecule has 19 heavy (non-hydrogen) atoms. The Morgan fingerprint density at radius 3 is 2.16 bits per heavy atom. The Labute approximate surface area is 116 Å². The Bertz CT molecular complexity index is 467. The summed E-state index contributed by atoms with van der Waals surface area (Å²) in [5, 5.41) is 8.84. The topological polar surface area (TPSA) is 60.9 Å². The summed E-state index contributed by atoms with van der Waals surface area (Å²) in [5.74, 6) is -0.945. The van der Waals surface area contributed by atoms with Crippen LogP contribution in [0.4, 0.5) is 5.69 Å². The number of hydrogen-bond acceptors (Lipinski definition) is 3. The molecule has 102 valence electrons. The van der Waals surface area contributed by atoms with E-state index in [2.05, 4.69) is 4.90 Å². The Hall–Kier alpha value is -1.75. The molecule has 0 saturated carbocycles. The molecular weight excluding hydrogens is 268 g/mol. The van der Waals surface area contributed by atoms with Crippen LogP contribution in [0.2, 0.25) is 0 Å². The van der Waals surface area contributed by atoms with Crippen molar-refractivity contribution in [1.29, 1.82) is 0 Å². The van der Waals surface area contributed by atoms with Crippen LogP contribution in [-0.2, 0) is 4.79 Å². The van der Waals surface area contributed by atoms with Crippen molar-refractivity contribution in [3.8, 4) is 0 Å². The molecule has 2 rings (SSSR count). The molecule has 0 radical (unpaired) electrons. The largest absolute Gasteiger partial charge is 0.478 e. The molecule has 0 atom stereocenters. The molecule has 1 aromatic rings. The lowest BCUT2D eigenvalue weighted by atomic mass is 10.2. The second-order valence-corrected chi connectivity index (χ2v) is 4.62. The van der Waals surface area contributed by atoms with Crippen LogP contribution in [0.25, 0.3) is 0 Å². The zero-order valence-corrected chi connectivity index (χ0v) is 11.1. The number of amides is 1. The third-order valence-electron chi connectivity index (χ3n) is 3.23. The van der Waals surface area contributed by atoms with E-state index in [1.54, 1.807) is 29.2 Å². The van der Waals surface area contributed by atoms with Gasteiger partial charge in [0.15, 0.2) is 0 Å². The number of carboxylic acid groups (broad SMARTS) is 1. The highest BCUT2D eigenvalue weighted by molar-refractivity contribution is 6.27. The molecular formula is C13H15ClN2O3. The summed E-state index contributed by atoms with van der Waals surface area (Å²) in [6.45, 7) is 2.75. The van der Waals surface area contributed by atoms with Gasteiger partial charge in [0, 0.05) is 31.9 Å². The second-order valence-electron chi connectivity index (χ2n) is 4.35. The lowest BCUT2D eigenvalue weighted by Crippen LogP contribution is -2.49. The Kier molecular flexibility index (Phi) is 4.27. The lowest BCUT2D eigenvalue weighted by Gasteiger charge is -2.35. The first kappa shape index (κ1) is 13.7. The summed E-state index contributed by atoms with van der Waals surface area (Å²) in [7, 11) is 0. The molecule has 0 spiro atoms. The maximum absolute atomic E-state index is 11.4. The number of benzene rings is 1. The van der Waals surface area contributed by atoms with Crippen LogP contribution in [0, 0.1) is 0 Å². The highest BCUT2D eigenvalue weighted by atomic mass is 35.5. The first-order valence-corrected chi connectivity index (χ1v) is 6.57. The molecule has 1 aliphatic rings. The van der Waals surface area contributed by atoms with Gasteiger partial charge in [0.25, 0.3) is 0 Å². The van der Waals surface area contributed by atoms with Gasteiger partial charge < -0.3 is 14.9 Å². The number of anilines is 1. The quantitative estimate of drug-likeness (QED) is 0.848. The molecule has 1 aromatic carbocycles. The molecule has 5 nitrogen and oxygen atoms in total. The summed E-state index contributed by atoms with van der Waals surface area (Å²) in [4.78, 5) is 26.1. The van der Waals surface area contributed by atoms with Crippen molar-refractivity contribution in [2.24, 2.45) is 0 Å². The molecule has 0 aromatic heterocycles. The van der Waals surface area contributed by atoms with E-state index in [9.17, 15) is 9.59 Å². The highest BCUT2D eigenvalue weighted by Gasteiger charge is 2.20. The molecule has 0 aliphatic carbocycles. The van der Waals surface area contributed by atoms with E-state index in [4.69, 9.17) is 16.7 Å². The fraction of sp³-hybridized carbons (Fsp3) is 0.385. The van der Waals surface area contributed by atoms with Crippen molar-refractivity contribution < 1.29 is 14.7 Å². The van der Waals surface area contributed by atoms with Gasteiger partial charge in [0.05, 0.1) is 5.56 Å². The van der Waals surface area contributed by atoms with Crippen LogP contribution in [0.3, 0.4) is 0 Å². The van der Waals surface area contributed by atoms with E-state index in [1.807, 2.05) is 0 Å². The third-order valence-corrected chi connectivity index (χ3v) is 3.45. The Balaban J connectivity index is 1.97. The standard InChI is InChI=1S/C13H15ClN2O3/c14-9-12(17)16-7-5-15(6-8-16)11-3-1-10(2-4-11)13(18)19/h1-4H,5-9H2,(H,18,19). The summed E-state index contributed by atoms with van der Waals surface area (Å²) < 4.78 is 0. The predicted molar refractivity (Wildman–Crippen MR) is 72.9 cm³/mol. The number of carbonyl (C=O) groups is 2.